The summed E-state index contributed by atoms with van der Waals surface area (Å²) >= 11 is 0. The summed E-state index contributed by atoms with van der Waals surface area (Å²) in [4.78, 5) is 3.97. The third-order valence-electron chi connectivity index (χ3n) is 4.41. The molecule has 0 saturated carbocycles. The fraction of sp³-hybridized carbons (Fsp3) is 0.438. The molecule has 0 spiro atoms. The molecule has 0 unspecified atom stereocenters. The Labute approximate surface area is 135 Å². The van der Waals surface area contributed by atoms with Crippen molar-refractivity contribution in [3.63, 3.8) is 0 Å². The van der Waals surface area contributed by atoms with Crippen molar-refractivity contribution in [1.29, 1.82) is 0 Å². The number of hydrogen-bond donors (Lipinski definition) is 0. The second kappa shape index (κ2) is 6.41. The van der Waals surface area contributed by atoms with Gasteiger partial charge in [0.1, 0.15) is 16.5 Å². The smallest absolute Gasteiger partial charge is 0.245 e. The summed E-state index contributed by atoms with van der Waals surface area (Å²) in [5.74, 6) is 0.685. The Morgan fingerprint density at radius 2 is 1.96 bits per heavy atom. The van der Waals surface area contributed by atoms with Gasteiger partial charge in [-0.05, 0) is 37.8 Å². The van der Waals surface area contributed by atoms with Gasteiger partial charge in [0.25, 0.3) is 0 Å². The van der Waals surface area contributed by atoms with E-state index in [2.05, 4.69) is 9.55 Å². The van der Waals surface area contributed by atoms with Crippen molar-refractivity contribution in [2.75, 3.05) is 13.1 Å². The molecule has 0 N–H and O–H groups in total. The predicted octanol–water partition coefficient (Wildman–Crippen LogP) is 2.43. The molecule has 2 heterocycles. The lowest BCUT2D eigenvalue weighted by Gasteiger charge is -2.31. The van der Waals surface area contributed by atoms with Crippen LogP contribution >= 0.6 is 0 Å². The first-order valence-electron chi connectivity index (χ1n) is 7.71. The van der Waals surface area contributed by atoms with Gasteiger partial charge in [0.2, 0.25) is 10.0 Å². The molecule has 1 aromatic carbocycles. The van der Waals surface area contributed by atoms with Crippen molar-refractivity contribution in [3.8, 4) is 0 Å². The van der Waals surface area contributed by atoms with E-state index in [1.165, 1.54) is 22.5 Å². The Hall–Kier alpha value is -1.73. The van der Waals surface area contributed by atoms with E-state index in [-0.39, 0.29) is 4.90 Å². The Bertz CT molecular complexity index is 780. The van der Waals surface area contributed by atoms with Gasteiger partial charge in [-0.3, -0.25) is 0 Å². The second-order valence-electron chi connectivity index (χ2n) is 5.90. The second-order valence-corrected chi connectivity index (χ2v) is 7.81. The van der Waals surface area contributed by atoms with Crippen LogP contribution in [0.2, 0.25) is 0 Å². The van der Waals surface area contributed by atoms with Crippen LogP contribution < -0.4 is 0 Å². The van der Waals surface area contributed by atoms with Crippen molar-refractivity contribution in [1.82, 2.24) is 13.9 Å². The fourth-order valence-corrected chi connectivity index (χ4v) is 4.53. The minimum atomic E-state index is -3.75. The number of sulfonamides is 1. The van der Waals surface area contributed by atoms with Gasteiger partial charge in [0.05, 0.1) is 0 Å². The molecular weight excluding hydrogens is 317 g/mol. The van der Waals surface area contributed by atoms with Crippen LogP contribution in [0.15, 0.2) is 41.6 Å². The first-order valence-corrected chi connectivity index (χ1v) is 9.15. The number of piperidine rings is 1. The summed E-state index contributed by atoms with van der Waals surface area (Å²) in [7, 11) is -3.75. The van der Waals surface area contributed by atoms with E-state index in [9.17, 15) is 12.8 Å². The molecule has 0 bridgehead atoms. The zero-order valence-electron chi connectivity index (χ0n) is 13.0. The predicted molar refractivity (Wildman–Crippen MR) is 84.8 cm³/mol. The number of rotatable bonds is 4. The van der Waals surface area contributed by atoms with Gasteiger partial charge >= 0.3 is 0 Å². The van der Waals surface area contributed by atoms with Gasteiger partial charge in [-0.25, -0.2) is 17.8 Å². The summed E-state index contributed by atoms with van der Waals surface area (Å²) < 4.78 is 42.4. The normalized spacial score (nSPS) is 17.5. The minimum absolute atomic E-state index is 0.232. The molecule has 1 aliphatic rings. The maximum atomic E-state index is 13.8. The first kappa shape index (κ1) is 16.1. The SMILES string of the molecule is Cc1nccn1CC1CCN(S(=O)(=O)c2ccccc2F)CC1. The van der Waals surface area contributed by atoms with Crippen LogP contribution in [0.3, 0.4) is 0 Å². The molecule has 2 aromatic rings. The number of aromatic nitrogens is 2. The highest BCUT2D eigenvalue weighted by molar-refractivity contribution is 7.89. The van der Waals surface area contributed by atoms with Crippen molar-refractivity contribution in [2.45, 2.75) is 31.2 Å². The molecule has 124 valence electrons. The Morgan fingerprint density at radius 3 is 2.57 bits per heavy atom. The topological polar surface area (TPSA) is 55.2 Å². The quantitative estimate of drug-likeness (QED) is 0.861. The average molecular weight is 337 g/mol. The lowest BCUT2D eigenvalue weighted by atomic mass is 9.98. The van der Waals surface area contributed by atoms with Gasteiger partial charge < -0.3 is 4.57 Å². The van der Waals surface area contributed by atoms with Crippen LogP contribution in [0.1, 0.15) is 18.7 Å². The monoisotopic (exact) mass is 337 g/mol. The fourth-order valence-electron chi connectivity index (χ4n) is 3.00. The van der Waals surface area contributed by atoms with Crippen molar-refractivity contribution >= 4 is 10.0 Å². The molecule has 1 aliphatic heterocycles. The summed E-state index contributed by atoms with van der Waals surface area (Å²) in [6.07, 6.45) is 5.25. The van der Waals surface area contributed by atoms with E-state index in [1.807, 2.05) is 13.1 Å². The van der Waals surface area contributed by atoms with Crippen LogP contribution in [0, 0.1) is 18.7 Å². The Kier molecular flexibility index (Phi) is 4.50. The van der Waals surface area contributed by atoms with Crippen LogP contribution in [-0.2, 0) is 16.6 Å². The zero-order valence-corrected chi connectivity index (χ0v) is 13.8. The van der Waals surface area contributed by atoms with Crippen molar-refractivity contribution in [3.05, 3.63) is 48.3 Å². The van der Waals surface area contributed by atoms with E-state index in [4.69, 9.17) is 0 Å². The number of halogens is 1. The lowest BCUT2D eigenvalue weighted by Crippen LogP contribution is -2.39. The first-order chi connectivity index (χ1) is 11.0. The summed E-state index contributed by atoms with van der Waals surface area (Å²) in [6.45, 7) is 3.65. The molecule has 23 heavy (non-hydrogen) atoms. The number of nitrogens with zero attached hydrogens (tertiary/aromatic N) is 3. The largest absolute Gasteiger partial charge is 0.335 e. The van der Waals surface area contributed by atoms with E-state index in [0.29, 0.717) is 19.0 Å². The molecule has 0 amide bonds. The zero-order chi connectivity index (χ0) is 16.4. The van der Waals surface area contributed by atoms with Crippen LogP contribution in [0.25, 0.3) is 0 Å². The van der Waals surface area contributed by atoms with Crippen LogP contribution in [0.5, 0.6) is 0 Å². The maximum Gasteiger partial charge on any atom is 0.245 e. The summed E-state index contributed by atoms with van der Waals surface area (Å²) in [5.41, 5.74) is 0. The van der Waals surface area contributed by atoms with E-state index >= 15 is 0 Å². The number of benzene rings is 1. The molecule has 0 radical (unpaired) electrons. The number of hydrogen-bond acceptors (Lipinski definition) is 3. The highest BCUT2D eigenvalue weighted by Crippen LogP contribution is 2.26. The third kappa shape index (κ3) is 3.30. The molecule has 0 atom stereocenters. The van der Waals surface area contributed by atoms with Crippen molar-refractivity contribution in [2.24, 2.45) is 5.92 Å². The molecule has 7 heteroatoms. The molecular formula is C16H20FN3O2S. The molecule has 1 saturated heterocycles. The Balaban J connectivity index is 1.67. The standard InChI is InChI=1S/C16H20FN3O2S/c1-13-18-8-11-19(13)12-14-6-9-20(10-7-14)23(21,22)16-5-3-2-4-15(16)17/h2-5,8,11,14H,6-7,9-10,12H2,1H3. The number of aryl methyl sites for hydroxylation is 1. The highest BCUT2D eigenvalue weighted by atomic mass is 32.2. The van der Waals surface area contributed by atoms with Gasteiger partial charge in [-0.15, -0.1) is 0 Å². The van der Waals surface area contributed by atoms with E-state index in [1.54, 1.807) is 12.3 Å². The molecule has 1 fully saturated rings. The minimum Gasteiger partial charge on any atom is -0.335 e. The Morgan fingerprint density at radius 1 is 1.26 bits per heavy atom. The summed E-state index contributed by atoms with van der Waals surface area (Å²) in [6, 6.07) is 5.55. The molecule has 0 aliphatic carbocycles. The maximum absolute atomic E-state index is 13.8. The summed E-state index contributed by atoms with van der Waals surface area (Å²) in [5, 5.41) is 0. The third-order valence-corrected chi connectivity index (χ3v) is 6.34. The van der Waals surface area contributed by atoms with Gasteiger partial charge in [0.15, 0.2) is 0 Å². The van der Waals surface area contributed by atoms with Gasteiger partial charge in [-0.1, -0.05) is 12.1 Å². The van der Waals surface area contributed by atoms with E-state index in [0.717, 1.165) is 25.2 Å². The lowest BCUT2D eigenvalue weighted by molar-refractivity contribution is 0.251. The number of imidazole rings is 1. The van der Waals surface area contributed by atoms with Crippen LogP contribution in [-0.4, -0.2) is 35.4 Å². The molecule has 5 nitrogen and oxygen atoms in total. The van der Waals surface area contributed by atoms with Crippen LogP contribution in [0.4, 0.5) is 4.39 Å². The molecule has 3 rings (SSSR count). The highest BCUT2D eigenvalue weighted by Gasteiger charge is 2.31. The van der Waals surface area contributed by atoms with Gasteiger partial charge in [-0.2, -0.15) is 4.31 Å². The van der Waals surface area contributed by atoms with E-state index < -0.39 is 15.8 Å². The molecule has 1 aromatic heterocycles. The van der Waals surface area contributed by atoms with Crippen molar-refractivity contribution < 1.29 is 12.8 Å². The average Bonchev–Trinajstić information content (AvgIpc) is 2.93. The van der Waals surface area contributed by atoms with Gasteiger partial charge in [0, 0.05) is 32.0 Å².